The molecule has 4 atom stereocenters. The minimum atomic E-state index is -4.38. The number of carbonyl (C=O) groups is 4. The van der Waals surface area contributed by atoms with Crippen molar-refractivity contribution in [2.75, 3.05) is 75.1 Å². The summed E-state index contributed by atoms with van der Waals surface area (Å²) in [6, 6.07) is 17.5. The molecule has 412 valence electrons. The Kier molecular flexibility index (Phi) is 15.5. The molecule has 6 aromatic rings. The van der Waals surface area contributed by atoms with Crippen molar-refractivity contribution in [3.63, 3.8) is 0 Å². The Morgan fingerprint density at radius 2 is 1.62 bits per heavy atom. The van der Waals surface area contributed by atoms with Gasteiger partial charge < -0.3 is 30.5 Å². The fourth-order valence-corrected chi connectivity index (χ4v) is 12.8. The number of aryl methyl sites for hydroxylation is 1. The Morgan fingerprint density at radius 1 is 0.897 bits per heavy atom. The summed E-state index contributed by atoms with van der Waals surface area (Å²) in [6.07, 6.45) is 0.770. The van der Waals surface area contributed by atoms with Gasteiger partial charge in [0.05, 0.1) is 40.0 Å². The molecule has 0 aliphatic carbocycles. The largest absolute Gasteiger partial charge is 0.391 e. The number of β-amino-alcohol motifs (C(OH)–C–C–N with tert-alkyl or cyclic N) is 1. The number of aliphatic hydroxyl groups is 1. The number of fused-ring (bicyclic) bond motifs is 1. The number of aromatic amines is 1. The van der Waals surface area contributed by atoms with Gasteiger partial charge in [0.2, 0.25) is 23.5 Å². The van der Waals surface area contributed by atoms with Crippen molar-refractivity contribution in [2.24, 2.45) is 5.41 Å². The number of nitrogens with zero attached hydrogens (tertiary/aromatic N) is 7. The smallest absolute Gasteiger partial charge is 0.301 e. The van der Waals surface area contributed by atoms with Gasteiger partial charge in [-0.2, -0.15) is 12.7 Å². The van der Waals surface area contributed by atoms with Crippen molar-refractivity contribution in [3.8, 4) is 21.6 Å². The number of aliphatic hydroxyl groups excluding tert-OH is 1. The van der Waals surface area contributed by atoms with Gasteiger partial charge in [-0.25, -0.2) is 23.1 Å². The van der Waals surface area contributed by atoms with Crippen LogP contribution in [0.1, 0.15) is 60.8 Å². The predicted molar refractivity (Wildman–Crippen MR) is 291 cm³/mol. The van der Waals surface area contributed by atoms with Crippen LogP contribution in [0.4, 0.5) is 24.5 Å². The van der Waals surface area contributed by atoms with Crippen molar-refractivity contribution < 1.29 is 45.9 Å². The maximum Gasteiger partial charge on any atom is 0.301 e. The molecule has 2 unspecified atom stereocenters. The second-order valence-corrected chi connectivity index (χ2v) is 24.2. The van der Waals surface area contributed by atoms with Gasteiger partial charge in [0.1, 0.15) is 29.7 Å². The molecule has 3 aromatic heterocycles. The van der Waals surface area contributed by atoms with Crippen LogP contribution in [0.5, 0.6) is 0 Å². The van der Waals surface area contributed by atoms with Gasteiger partial charge in [-0.15, -0.1) is 11.3 Å². The number of H-pyrrole nitrogens is 1. The van der Waals surface area contributed by atoms with Crippen molar-refractivity contribution in [3.05, 3.63) is 119 Å². The fraction of sp³-hybridized carbons (Fsp3) is 0.418. The molecule has 23 heteroatoms. The van der Waals surface area contributed by atoms with Crippen LogP contribution in [-0.2, 0) is 31.1 Å². The van der Waals surface area contributed by atoms with Gasteiger partial charge in [0.15, 0.2) is 5.82 Å². The molecular weight excluding hydrogens is 1050 g/mol. The molecule has 3 amide bonds. The van der Waals surface area contributed by atoms with Gasteiger partial charge in [-0.3, -0.25) is 33.7 Å². The van der Waals surface area contributed by atoms with E-state index in [1.807, 2.05) is 86.5 Å². The number of ketones is 1. The van der Waals surface area contributed by atoms with Crippen LogP contribution >= 0.6 is 11.3 Å². The number of hydrogen-bond acceptors (Lipinski definition) is 13. The highest BCUT2D eigenvalue weighted by atomic mass is 32.2. The third kappa shape index (κ3) is 11.5. The topological polar surface area (TPSA) is 217 Å². The van der Waals surface area contributed by atoms with Crippen molar-refractivity contribution in [1.82, 2.24) is 44.6 Å². The van der Waals surface area contributed by atoms with Crippen molar-refractivity contribution >= 4 is 67.5 Å². The lowest BCUT2D eigenvalue weighted by Gasteiger charge is -2.48. The van der Waals surface area contributed by atoms with Crippen LogP contribution < -0.4 is 20.3 Å². The third-order valence-corrected chi connectivity index (χ3v) is 17.6. The molecular formula is C55H62F3N11O7S2. The maximum atomic E-state index is 15.8. The number of pyridine rings is 1. The highest BCUT2D eigenvalue weighted by Crippen LogP contribution is 2.33. The maximum absolute atomic E-state index is 15.8. The van der Waals surface area contributed by atoms with Gasteiger partial charge >= 0.3 is 10.2 Å². The number of piperazine rings is 1. The lowest BCUT2D eigenvalue weighted by atomic mass is 9.85. The molecule has 0 bridgehead atoms. The molecule has 3 aromatic carbocycles. The van der Waals surface area contributed by atoms with E-state index in [0.29, 0.717) is 29.7 Å². The first-order chi connectivity index (χ1) is 37.2. The number of hydrogen-bond donors (Lipinski definition) is 5. The van der Waals surface area contributed by atoms with Crippen LogP contribution in [-0.4, -0.2) is 167 Å². The zero-order valence-corrected chi connectivity index (χ0v) is 45.3. The van der Waals surface area contributed by atoms with E-state index < -0.39 is 81.1 Å². The lowest BCUT2D eigenvalue weighted by molar-refractivity contribution is -0.144. The molecule has 78 heavy (non-hydrogen) atoms. The Morgan fingerprint density at radius 3 is 2.28 bits per heavy atom. The summed E-state index contributed by atoms with van der Waals surface area (Å²) in [5.74, 6) is -4.68. The standard InChI is InChI=1S/C55H62F3N11O7S2/c1-32-50(77-31-62-32)35-7-5-33(6-8-35)23-61-53(73)45-22-40(70)29-69(45)54(74)51(55(2,3)4)63-46(71)30-65-27-39(28-65)67-19-17-66(18-20-67)38-11-9-34(10-12-38)36-21-41-42(25-60-52(41)59-24-36)49(72)47-43(57)13-14-44(48(47)58)64-78(75,76)68-16-15-37(56)26-68/h5-14,21,24-25,31,37,39-40,45,51,64,70H,15-20,22-23,26-30H2,1-4H3,(H,59,60)(H,61,73)(H,63,71)/t37?,40-,45+,51?/m1/s1. The molecule has 0 saturated carbocycles. The number of alkyl halides is 1. The average Bonchev–Trinajstić information content (AvgIpc) is 4.30. The number of halogens is 3. The molecule has 4 saturated heterocycles. The van der Waals surface area contributed by atoms with Crippen LogP contribution in [0.15, 0.2) is 84.6 Å². The third-order valence-electron chi connectivity index (χ3n) is 15.2. The zero-order chi connectivity index (χ0) is 55.2. The number of nitrogens with one attached hydrogen (secondary N) is 4. The van der Waals surface area contributed by atoms with Gasteiger partial charge in [0.25, 0.3) is 0 Å². The number of likely N-dealkylation sites (tertiary alicyclic amines) is 2. The monoisotopic (exact) mass is 1110 g/mol. The van der Waals surface area contributed by atoms with Crippen LogP contribution in [0.3, 0.4) is 0 Å². The van der Waals surface area contributed by atoms with E-state index in [-0.39, 0.29) is 62.4 Å². The number of thiazole rings is 1. The van der Waals surface area contributed by atoms with E-state index in [4.69, 9.17) is 0 Å². The van der Waals surface area contributed by atoms with Crippen LogP contribution in [0.2, 0.25) is 0 Å². The lowest BCUT2D eigenvalue weighted by Crippen LogP contribution is -2.65. The van der Waals surface area contributed by atoms with Gasteiger partial charge in [0, 0.05) is 113 Å². The predicted octanol–water partition coefficient (Wildman–Crippen LogP) is 5.49. The van der Waals surface area contributed by atoms with Crippen molar-refractivity contribution in [1.29, 1.82) is 0 Å². The molecule has 7 heterocycles. The molecule has 0 spiro atoms. The number of amides is 3. The number of carbonyl (C=O) groups excluding carboxylic acids is 4. The molecule has 10 rings (SSSR count). The number of benzene rings is 3. The Balaban J connectivity index is 0.698. The molecule has 4 fully saturated rings. The highest BCUT2D eigenvalue weighted by Gasteiger charge is 2.45. The van der Waals surface area contributed by atoms with E-state index in [9.17, 15) is 37.1 Å². The van der Waals surface area contributed by atoms with Gasteiger partial charge in [-0.05, 0) is 65.8 Å². The van der Waals surface area contributed by atoms with Crippen LogP contribution in [0.25, 0.3) is 32.6 Å². The average molecular weight is 1110 g/mol. The normalized spacial score (nSPS) is 20.2. The summed E-state index contributed by atoms with van der Waals surface area (Å²) < 4.78 is 73.3. The van der Waals surface area contributed by atoms with E-state index >= 15 is 8.78 Å². The van der Waals surface area contributed by atoms with Crippen LogP contribution in [0, 0.1) is 24.0 Å². The quantitative estimate of drug-likeness (QED) is 0.0762. The summed E-state index contributed by atoms with van der Waals surface area (Å²) in [7, 11) is -4.38. The van der Waals surface area contributed by atoms with E-state index in [1.165, 1.54) is 11.1 Å². The van der Waals surface area contributed by atoms with E-state index in [1.54, 1.807) is 23.6 Å². The van der Waals surface area contributed by atoms with Gasteiger partial charge in [-0.1, -0.05) is 57.2 Å². The fourth-order valence-electron chi connectivity index (χ4n) is 10.7. The Hall–Kier alpha value is -6.76. The number of aromatic nitrogens is 3. The summed E-state index contributed by atoms with van der Waals surface area (Å²) in [4.78, 5) is 76.1. The molecule has 4 aliphatic heterocycles. The number of anilines is 2. The molecule has 5 N–H and O–H groups in total. The first-order valence-electron chi connectivity index (χ1n) is 26.0. The minimum Gasteiger partial charge on any atom is -0.391 e. The van der Waals surface area contributed by atoms with Crippen molar-refractivity contribution in [2.45, 2.75) is 77.5 Å². The van der Waals surface area contributed by atoms with E-state index in [2.05, 4.69) is 40.3 Å². The molecule has 4 aliphatic rings. The summed E-state index contributed by atoms with van der Waals surface area (Å²) in [5, 5.41) is 16.9. The summed E-state index contributed by atoms with van der Waals surface area (Å²) in [6.45, 7) is 11.9. The number of rotatable bonds is 16. The molecule has 0 radical (unpaired) electrons. The zero-order valence-electron chi connectivity index (χ0n) is 43.6. The summed E-state index contributed by atoms with van der Waals surface area (Å²) in [5.41, 5.74) is 5.08. The Bertz CT molecular complexity index is 3340. The second-order valence-electron chi connectivity index (χ2n) is 21.6. The first kappa shape index (κ1) is 54.6. The molecule has 18 nitrogen and oxygen atoms in total. The highest BCUT2D eigenvalue weighted by molar-refractivity contribution is 7.90. The second kappa shape index (κ2) is 22.2. The first-order valence-corrected chi connectivity index (χ1v) is 28.3. The Labute approximate surface area is 454 Å². The summed E-state index contributed by atoms with van der Waals surface area (Å²) >= 11 is 1.57. The minimum absolute atomic E-state index is 0.00890. The van der Waals surface area contributed by atoms with E-state index in [0.717, 1.165) is 75.6 Å². The SMILES string of the molecule is Cc1ncsc1-c1ccc(CNC(=O)[C@@H]2C[C@@H](O)CN2C(=O)C(NC(=O)CN2CC(N3CCN(c4ccc(-c5cnc6[nH]cc(C(=O)c7c(F)ccc(NS(=O)(=O)N8CCC(F)C8)c7F)c6c5)cc4)CC3)C2)C(C)(C)C)cc1.